The van der Waals surface area contributed by atoms with Crippen molar-refractivity contribution < 1.29 is 5.11 Å². The van der Waals surface area contributed by atoms with Crippen LogP contribution in [0.4, 0.5) is 0 Å². The molecule has 0 saturated carbocycles. The average Bonchev–Trinajstić information content (AvgIpc) is 2.70. The first-order valence-corrected chi connectivity index (χ1v) is 7.05. The lowest BCUT2D eigenvalue weighted by Crippen LogP contribution is -2.34. The highest BCUT2D eigenvalue weighted by Crippen LogP contribution is 2.18. The molecule has 0 saturated heterocycles. The van der Waals surface area contributed by atoms with E-state index in [4.69, 9.17) is 11.6 Å². The Balaban J connectivity index is 1.97. The van der Waals surface area contributed by atoms with E-state index in [1.807, 2.05) is 32.2 Å². The minimum Gasteiger partial charge on any atom is -0.395 e. The number of aliphatic hydroxyl groups excluding tert-OH is 1. The number of aryl methyl sites for hydroxylation is 2. The van der Waals surface area contributed by atoms with E-state index in [9.17, 15) is 5.11 Å². The van der Waals surface area contributed by atoms with Crippen molar-refractivity contribution in [1.82, 2.24) is 15.1 Å². The Morgan fingerprint density at radius 1 is 1.35 bits per heavy atom. The van der Waals surface area contributed by atoms with Gasteiger partial charge in [0.15, 0.2) is 0 Å². The first-order valence-electron chi connectivity index (χ1n) is 6.68. The summed E-state index contributed by atoms with van der Waals surface area (Å²) in [5, 5.41) is 17.8. The number of benzene rings is 1. The third-order valence-corrected chi connectivity index (χ3v) is 3.86. The molecule has 1 unspecified atom stereocenters. The first kappa shape index (κ1) is 15.0. The number of rotatable bonds is 6. The fourth-order valence-electron chi connectivity index (χ4n) is 2.22. The zero-order valence-corrected chi connectivity index (χ0v) is 12.6. The molecule has 5 heteroatoms. The lowest BCUT2D eigenvalue weighted by Gasteiger charge is -2.16. The highest BCUT2D eigenvalue weighted by atomic mass is 35.5. The van der Waals surface area contributed by atoms with Crippen LogP contribution in [-0.2, 0) is 20.0 Å². The molecule has 20 heavy (non-hydrogen) atoms. The van der Waals surface area contributed by atoms with Crippen molar-refractivity contribution in [3.63, 3.8) is 0 Å². The SMILES string of the molecule is Cc1nn(C)c(Cl)c1CNC(CO)Cc1ccccc1. The molecule has 1 heterocycles. The van der Waals surface area contributed by atoms with Gasteiger partial charge in [-0.15, -0.1) is 0 Å². The van der Waals surface area contributed by atoms with Gasteiger partial charge in [0.05, 0.1) is 12.3 Å². The van der Waals surface area contributed by atoms with E-state index in [1.165, 1.54) is 5.56 Å². The van der Waals surface area contributed by atoms with E-state index in [-0.39, 0.29) is 12.6 Å². The van der Waals surface area contributed by atoms with Gasteiger partial charge in [0.1, 0.15) is 5.15 Å². The van der Waals surface area contributed by atoms with Crippen LogP contribution in [0.5, 0.6) is 0 Å². The van der Waals surface area contributed by atoms with E-state index in [1.54, 1.807) is 4.68 Å². The second-order valence-electron chi connectivity index (χ2n) is 4.93. The van der Waals surface area contributed by atoms with Gasteiger partial charge in [0.25, 0.3) is 0 Å². The number of aliphatic hydroxyl groups is 1. The number of halogens is 1. The van der Waals surface area contributed by atoms with Crippen molar-refractivity contribution in [3.8, 4) is 0 Å². The molecule has 2 N–H and O–H groups in total. The fourth-order valence-corrected chi connectivity index (χ4v) is 2.46. The van der Waals surface area contributed by atoms with Crippen molar-refractivity contribution in [2.45, 2.75) is 25.9 Å². The van der Waals surface area contributed by atoms with Crippen molar-refractivity contribution in [2.24, 2.45) is 7.05 Å². The minimum atomic E-state index is 0.00747. The number of nitrogens with one attached hydrogen (secondary N) is 1. The van der Waals surface area contributed by atoms with Gasteiger partial charge in [-0.2, -0.15) is 5.10 Å². The monoisotopic (exact) mass is 293 g/mol. The summed E-state index contributed by atoms with van der Waals surface area (Å²) in [5.41, 5.74) is 3.11. The van der Waals surface area contributed by atoms with Crippen LogP contribution in [0.2, 0.25) is 5.15 Å². The quantitative estimate of drug-likeness (QED) is 0.857. The van der Waals surface area contributed by atoms with Crippen molar-refractivity contribution >= 4 is 11.6 Å². The summed E-state index contributed by atoms with van der Waals surface area (Å²) in [4.78, 5) is 0. The van der Waals surface area contributed by atoms with Crippen LogP contribution < -0.4 is 5.32 Å². The molecule has 1 atom stereocenters. The topological polar surface area (TPSA) is 50.1 Å². The van der Waals surface area contributed by atoms with Gasteiger partial charge in [0, 0.05) is 25.2 Å². The molecule has 0 spiro atoms. The van der Waals surface area contributed by atoms with Crippen molar-refractivity contribution in [3.05, 3.63) is 52.3 Å². The summed E-state index contributed by atoms with van der Waals surface area (Å²) in [6.45, 7) is 2.64. The van der Waals surface area contributed by atoms with E-state index in [0.717, 1.165) is 17.7 Å². The van der Waals surface area contributed by atoms with Crippen LogP contribution in [0.15, 0.2) is 30.3 Å². The van der Waals surface area contributed by atoms with Gasteiger partial charge in [-0.25, -0.2) is 0 Å². The Kier molecular flexibility index (Phi) is 5.17. The van der Waals surface area contributed by atoms with E-state index >= 15 is 0 Å². The first-order chi connectivity index (χ1) is 9.61. The Morgan fingerprint density at radius 2 is 2.05 bits per heavy atom. The maximum Gasteiger partial charge on any atom is 0.131 e. The Morgan fingerprint density at radius 3 is 2.60 bits per heavy atom. The number of nitrogens with zero attached hydrogens (tertiary/aromatic N) is 2. The van der Waals surface area contributed by atoms with Crippen LogP contribution in [0.25, 0.3) is 0 Å². The Hall–Kier alpha value is -1.36. The zero-order chi connectivity index (χ0) is 14.5. The summed E-state index contributed by atoms with van der Waals surface area (Å²) in [5.74, 6) is 0. The molecule has 0 aliphatic rings. The summed E-state index contributed by atoms with van der Waals surface area (Å²) in [7, 11) is 1.83. The molecule has 4 nitrogen and oxygen atoms in total. The lowest BCUT2D eigenvalue weighted by molar-refractivity contribution is 0.240. The molecule has 0 radical (unpaired) electrons. The normalized spacial score (nSPS) is 12.6. The van der Waals surface area contributed by atoms with Gasteiger partial charge in [-0.3, -0.25) is 4.68 Å². The van der Waals surface area contributed by atoms with Gasteiger partial charge in [-0.1, -0.05) is 41.9 Å². The van der Waals surface area contributed by atoms with Crippen LogP contribution >= 0.6 is 11.6 Å². The molecule has 0 aliphatic carbocycles. The van der Waals surface area contributed by atoms with E-state index in [2.05, 4.69) is 22.5 Å². The maximum atomic E-state index is 9.49. The van der Waals surface area contributed by atoms with Crippen LogP contribution in [0.1, 0.15) is 16.8 Å². The molecular weight excluding hydrogens is 274 g/mol. The highest BCUT2D eigenvalue weighted by Gasteiger charge is 2.13. The number of aromatic nitrogens is 2. The standard InChI is InChI=1S/C15H20ClN3O/c1-11-14(15(16)19(2)18-11)9-17-13(10-20)8-12-6-4-3-5-7-12/h3-7,13,17,20H,8-10H2,1-2H3. The predicted octanol–water partition coefficient (Wildman–Crippen LogP) is 2.08. The molecule has 1 aromatic carbocycles. The molecular formula is C15H20ClN3O. The smallest absolute Gasteiger partial charge is 0.131 e. The number of hydrogen-bond donors (Lipinski definition) is 2. The van der Waals surface area contributed by atoms with Crippen LogP contribution in [0, 0.1) is 6.92 Å². The van der Waals surface area contributed by atoms with Gasteiger partial charge in [-0.05, 0) is 18.9 Å². The minimum absolute atomic E-state index is 0.00747. The maximum absolute atomic E-state index is 9.49. The molecule has 2 rings (SSSR count). The Bertz CT molecular complexity index is 554. The fraction of sp³-hybridized carbons (Fsp3) is 0.400. The summed E-state index contributed by atoms with van der Waals surface area (Å²) >= 11 is 6.20. The van der Waals surface area contributed by atoms with E-state index < -0.39 is 0 Å². The average molecular weight is 294 g/mol. The predicted molar refractivity (Wildman–Crippen MR) is 80.8 cm³/mol. The van der Waals surface area contributed by atoms with Gasteiger partial charge < -0.3 is 10.4 Å². The highest BCUT2D eigenvalue weighted by molar-refractivity contribution is 6.30. The molecule has 1 aromatic heterocycles. The molecule has 0 aliphatic heterocycles. The molecule has 0 bridgehead atoms. The molecule has 0 amide bonds. The lowest BCUT2D eigenvalue weighted by atomic mass is 10.1. The van der Waals surface area contributed by atoms with Crippen LogP contribution in [-0.4, -0.2) is 27.5 Å². The summed E-state index contributed by atoms with van der Waals surface area (Å²) < 4.78 is 1.67. The van der Waals surface area contributed by atoms with E-state index in [0.29, 0.717) is 11.7 Å². The second kappa shape index (κ2) is 6.88. The molecule has 2 aromatic rings. The Labute approximate surface area is 124 Å². The third-order valence-electron chi connectivity index (χ3n) is 3.38. The second-order valence-corrected chi connectivity index (χ2v) is 5.29. The molecule has 0 fully saturated rings. The summed E-state index contributed by atoms with van der Waals surface area (Å²) in [6, 6.07) is 10.1. The van der Waals surface area contributed by atoms with Gasteiger partial charge >= 0.3 is 0 Å². The summed E-state index contributed by atoms with van der Waals surface area (Å²) in [6.07, 6.45) is 0.786. The van der Waals surface area contributed by atoms with Crippen molar-refractivity contribution in [2.75, 3.05) is 6.61 Å². The third kappa shape index (κ3) is 3.60. The largest absolute Gasteiger partial charge is 0.395 e. The number of hydrogen-bond acceptors (Lipinski definition) is 3. The zero-order valence-electron chi connectivity index (χ0n) is 11.8. The van der Waals surface area contributed by atoms with Gasteiger partial charge in [0.2, 0.25) is 0 Å². The molecule has 108 valence electrons. The van der Waals surface area contributed by atoms with Crippen molar-refractivity contribution in [1.29, 1.82) is 0 Å². The van der Waals surface area contributed by atoms with Crippen LogP contribution in [0.3, 0.4) is 0 Å².